The highest BCUT2D eigenvalue weighted by Crippen LogP contribution is 2.38. The van der Waals surface area contributed by atoms with Crippen LogP contribution in [-0.4, -0.2) is 13.6 Å². The molecule has 3 aromatic rings. The Balaban J connectivity index is 1.42. The van der Waals surface area contributed by atoms with Gasteiger partial charge in [-0.1, -0.05) is 106 Å². The molecule has 0 aromatic heterocycles. The number of aryl methyl sites for hydroxylation is 1. The van der Waals surface area contributed by atoms with Crippen LogP contribution in [0.2, 0.25) is 0 Å². The Kier molecular flexibility index (Phi) is 9.60. The lowest BCUT2D eigenvalue weighted by Crippen LogP contribution is -2.13. The highest BCUT2D eigenvalue weighted by Gasteiger charge is 2.22. The van der Waals surface area contributed by atoms with E-state index in [4.69, 9.17) is 0 Å². The molecule has 0 atom stereocenters. The Morgan fingerprint density at radius 1 is 0.743 bits per heavy atom. The van der Waals surface area contributed by atoms with Crippen LogP contribution in [0.5, 0.6) is 0 Å². The van der Waals surface area contributed by atoms with Crippen LogP contribution in [0.3, 0.4) is 0 Å². The lowest BCUT2D eigenvalue weighted by Gasteiger charge is -2.29. The van der Waals surface area contributed by atoms with Crippen LogP contribution in [0.15, 0.2) is 66.7 Å². The molecular formula is C34H45N. The van der Waals surface area contributed by atoms with Crippen molar-refractivity contribution in [2.45, 2.75) is 84.0 Å². The number of unbranched alkanes of at least 4 members (excludes halogenated alkanes) is 2. The molecule has 0 saturated heterocycles. The Labute approximate surface area is 214 Å². The smallest absolute Gasteiger partial charge is 0.00114 e. The maximum Gasteiger partial charge on any atom is -0.00114 e. The van der Waals surface area contributed by atoms with E-state index in [1.54, 1.807) is 5.56 Å². The van der Waals surface area contributed by atoms with Crippen molar-refractivity contribution in [1.82, 2.24) is 5.32 Å². The molecule has 0 unspecified atom stereocenters. The minimum atomic E-state index is 0.760. The number of nitrogens with one attached hydrogen (secondary N) is 1. The summed E-state index contributed by atoms with van der Waals surface area (Å²) >= 11 is 0. The number of hydrogen-bond donors (Lipinski definition) is 1. The third kappa shape index (κ3) is 6.85. The zero-order valence-corrected chi connectivity index (χ0v) is 22.3. The Morgan fingerprint density at radius 3 is 2.09 bits per heavy atom. The van der Waals surface area contributed by atoms with Crippen molar-refractivity contribution >= 4 is 0 Å². The second-order valence-corrected chi connectivity index (χ2v) is 10.6. The molecule has 3 aromatic carbocycles. The van der Waals surface area contributed by atoms with Gasteiger partial charge in [0.2, 0.25) is 0 Å². The molecule has 0 aliphatic heterocycles. The Hall–Kier alpha value is -2.38. The first-order chi connectivity index (χ1) is 17.2. The molecule has 1 heteroatoms. The van der Waals surface area contributed by atoms with Gasteiger partial charge in [0.1, 0.15) is 0 Å². The summed E-state index contributed by atoms with van der Waals surface area (Å²) < 4.78 is 0. The van der Waals surface area contributed by atoms with E-state index in [9.17, 15) is 0 Å². The van der Waals surface area contributed by atoms with Gasteiger partial charge in [-0.25, -0.2) is 0 Å². The van der Waals surface area contributed by atoms with Gasteiger partial charge in [-0.05, 0) is 103 Å². The molecule has 0 bridgehead atoms. The average Bonchev–Trinajstić information content (AvgIpc) is 2.92. The van der Waals surface area contributed by atoms with E-state index < -0.39 is 0 Å². The van der Waals surface area contributed by atoms with Gasteiger partial charge in [-0.2, -0.15) is 0 Å². The van der Waals surface area contributed by atoms with Crippen molar-refractivity contribution in [2.24, 2.45) is 5.92 Å². The van der Waals surface area contributed by atoms with Crippen LogP contribution >= 0.6 is 0 Å². The fourth-order valence-corrected chi connectivity index (χ4v) is 5.88. The normalized spacial score (nSPS) is 18.0. The fourth-order valence-electron chi connectivity index (χ4n) is 5.88. The van der Waals surface area contributed by atoms with Crippen LogP contribution in [0, 0.1) is 5.92 Å². The number of hydrogen-bond acceptors (Lipinski definition) is 1. The molecule has 35 heavy (non-hydrogen) atoms. The van der Waals surface area contributed by atoms with E-state index in [2.05, 4.69) is 85.9 Å². The molecular weight excluding hydrogens is 422 g/mol. The van der Waals surface area contributed by atoms with Crippen molar-refractivity contribution in [3.63, 3.8) is 0 Å². The van der Waals surface area contributed by atoms with E-state index in [0.717, 1.165) is 31.2 Å². The fraction of sp³-hybridized carbons (Fsp3) is 0.471. The summed E-state index contributed by atoms with van der Waals surface area (Å²) in [5.74, 6) is 1.74. The van der Waals surface area contributed by atoms with E-state index >= 15 is 0 Å². The largest absolute Gasteiger partial charge is 0.319 e. The van der Waals surface area contributed by atoms with E-state index in [1.807, 2.05) is 7.05 Å². The van der Waals surface area contributed by atoms with Crippen LogP contribution in [0.4, 0.5) is 0 Å². The van der Waals surface area contributed by atoms with Crippen LogP contribution in [-0.2, 0) is 12.8 Å². The van der Waals surface area contributed by atoms with Crippen molar-refractivity contribution in [2.75, 3.05) is 13.6 Å². The van der Waals surface area contributed by atoms with Crippen molar-refractivity contribution in [3.05, 3.63) is 83.4 Å². The van der Waals surface area contributed by atoms with Crippen molar-refractivity contribution < 1.29 is 0 Å². The molecule has 1 nitrogen and oxygen atoms in total. The topological polar surface area (TPSA) is 12.0 Å². The molecule has 1 saturated carbocycles. The highest BCUT2D eigenvalue weighted by atomic mass is 14.8. The number of rotatable bonds is 11. The lowest BCUT2D eigenvalue weighted by atomic mass is 9.77. The molecule has 0 spiro atoms. The van der Waals surface area contributed by atoms with Gasteiger partial charge in [0.15, 0.2) is 0 Å². The van der Waals surface area contributed by atoms with Gasteiger partial charge in [0, 0.05) is 0 Å². The van der Waals surface area contributed by atoms with Gasteiger partial charge >= 0.3 is 0 Å². The molecule has 0 heterocycles. The summed E-state index contributed by atoms with van der Waals surface area (Å²) in [6.07, 6.45) is 13.4. The molecule has 186 valence electrons. The molecule has 1 aliphatic rings. The predicted octanol–water partition coefficient (Wildman–Crippen LogP) is 9.20. The third-order valence-electron chi connectivity index (χ3n) is 8.19. The highest BCUT2D eigenvalue weighted by molar-refractivity contribution is 5.74. The van der Waals surface area contributed by atoms with Gasteiger partial charge in [-0.15, -0.1) is 0 Å². The first-order valence-electron chi connectivity index (χ1n) is 14.2. The van der Waals surface area contributed by atoms with Gasteiger partial charge < -0.3 is 5.32 Å². The van der Waals surface area contributed by atoms with Crippen molar-refractivity contribution in [1.29, 1.82) is 0 Å². The van der Waals surface area contributed by atoms with E-state index in [1.165, 1.54) is 84.7 Å². The van der Waals surface area contributed by atoms with Gasteiger partial charge in [-0.3, -0.25) is 0 Å². The minimum Gasteiger partial charge on any atom is -0.319 e. The van der Waals surface area contributed by atoms with Crippen LogP contribution < -0.4 is 5.32 Å². The summed E-state index contributed by atoms with van der Waals surface area (Å²) in [5.41, 5.74) is 9.73. The molecule has 0 amide bonds. The standard InChI is InChI=1S/C34H45N/c1-4-6-7-8-26-9-13-29(14-10-26)30-17-19-32(20-18-30)34-22-21-33(25-28(34)5-2)31-15-11-27(12-16-31)23-24-35-3/h11-12,15-22,25-26,29,35H,4-10,13-14,23-24H2,1-3H3. The number of likely N-dealkylation sites (N-methyl/N-ethyl adjacent to an activating group) is 1. The van der Waals surface area contributed by atoms with E-state index in [0.29, 0.717) is 0 Å². The number of benzene rings is 3. The molecule has 1 aliphatic carbocycles. The zero-order valence-electron chi connectivity index (χ0n) is 22.3. The zero-order chi connectivity index (χ0) is 24.5. The maximum atomic E-state index is 3.23. The SMILES string of the molecule is CCCCCC1CCC(c2ccc(-c3ccc(-c4ccc(CCNC)cc4)cc3CC)cc2)CC1. The monoisotopic (exact) mass is 467 g/mol. The Morgan fingerprint density at radius 2 is 1.43 bits per heavy atom. The molecule has 0 radical (unpaired) electrons. The summed E-state index contributed by atoms with van der Waals surface area (Å²) in [5, 5.41) is 3.23. The van der Waals surface area contributed by atoms with Gasteiger partial charge in [0.25, 0.3) is 0 Å². The summed E-state index contributed by atoms with van der Waals surface area (Å²) in [4.78, 5) is 0. The second kappa shape index (κ2) is 13.1. The average molecular weight is 468 g/mol. The van der Waals surface area contributed by atoms with E-state index in [-0.39, 0.29) is 0 Å². The summed E-state index contributed by atoms with van der Waals surface area (Å²) in [6.45, 7) is 5.60. The Bertz CT molecular complexity index is 1020. The second-order valence-electron chi connectivity index (χ2n) is 10.6. The van der Waals surface area contributed by atoms with Crippen LogP contribution in [0.1, 0.15) is 87.8 Å². The molecule has 1 fully saturated rings. The van der Waals surface area contributed by atoms with Crippen molar-refractivity contribution in [3.8, 4) is 22.3 Å². The molecule has 4 rings (SSSR count). The maximum absolute atomic E-state index is 3.23. The summed E-state index contributed by atoms with van der Waals surface area (Å²) in [6, 6.07) is 25.7. The van der Waals surface area contributed by atoms with Gasteiger partial charge in [0.05, 0.1) is 0 Å². The third-order valence-corrected chi connectivity index (χ3v) is 8.19. The minimum absolute atomic E-state index is 0.760. The van der Waals surface area contributed by atoms with Crippen LogP contribution in [0.25, 0.3) is 22.3 Å². The quantitative estimate of drug-likeness (QED) is 0.277. The first kappa shape index (κ1) is 25.7. The predicted molar refractivity (Wildman–Crippen MR) is 153 cm³/mol. The summed E-state index contributed by atoms with van der Waals surface area (Å²) in [7, 11) is 2.01. The lowest BCUT2D eigenvalue weighted by molar-refractivity contribution is 0.303. The first-order valence-corrected chi connectivity index (χ1v) is 14.2. The molecule has 1 N–H and O–H groups in total.